The fourth-order valence-corrected chi connectivity index (χ4v) is 3.25. The molecule has 2 aromatic carbocycles. The van der Waals surface area contributed by atoms with Gasteiger partial charge < -0.3 is 9.80 Å². The molecule has 2 aromatic rings. The van der Waals surface area contributed by atoms with E-state index in [1.54, 1.807) is 30.2 Å². The maximum atomic E-state index is 12.4. The van der Waals surface area contributed by atoms with Gasteiger partial charge in [-0.15, -0.1) is 0 Å². The van der Waals surface area contributed by atoms with Gasteiger partial charge in [0.1, 0.15) is 0 Å². The van der Waals surface area contributed by atoms with E-state index in [4.69, 9.17) is 0 Å². The average molecular weight is 365 g/mol. The van der Waals surface area contributed by atoms with E-state index in [1.165, 1.54) is 36.7 Å². The molecular weight excluding hydrogens is 342 g/mol. The Morgan fingerprint density at radius 1 is 1.15 bits per heavy atom. The number of benzene rings is 2. The van der Waals surface area contributed by atoms with E-state index in [0.717, 1.165) is 24.2 Å². The molecule has 6 heteroatoms. The average Bonchev–Trinajstić information content (AvgIpc) is 3.21. The van der Waals surface area contributed by atoms with Gasteiger partial charge in [-0.25, -0.2) is 0 Å². The van der Waals surface area contributed by atoms with Gasteiger partial charge in [-0.1, -0.05) is 18.2 Å². The molecule has 0 atom stereocenters. The van der Waals surface area contributed by atoms with Crippen molar-refractivity contribution in [2.24, 2.45) is 0 Å². The van der Waals surface area contributed by atoms with Crippen LogP contribution in [-0.2, 0) is 11.3 Å². The number of carbonyl (C=O) groups excluding carboxylic acids is 1. The van der Waals surface area contributed by atoms with E-state index < -0.39 is 4.92 Å². The normalized spacial score (nSPS) is 13.9. The molecule has 0 unspecified atom stereocenters. The molecule has 0 aromatic heterocycles. The molecule has 1 aliphatic rings. The van der Waals surface area contributed by atoms with E-state index in [2.05, 4.69) is 17.0 Å². The molecule has 1 fully saturated rings. The van der Waals surface area contributed by atoms with Crippen LogP contribution in [0.25, 0.3) is 6.08 Å². The molecule has 0 bridgehead atoms. The molecule has 6 nitrogen and oxygen atoms in total. The number of hydrogen-bond donors (Lipinski definition) is 0. The van der Waals surface area contributed by atoms with Gasteiger partial charge in [0.25, 0.3) is 5.69 Å². The number of amides is 1. The fraction of sp³-hybridized carbons (Fsp3) is 0.286. The SMILES string of the molecule is CN(Cc1ccccc1N1CCCC1)C(=O)/C=C/c1ccc([N+](=O)[O-])cc1. The highest BCUT2D eigenvalue weighted by Crippen LogP contribution is 2.25. The van der Waals surface area contributed by atoms with Crippen molar-refractivity contribution in [2.75, 3.05) is 25.0 Å². The smallest absolute Gasteiger partial charge is 0.269 e. The molecule has 1 saturated heterocycles. The summed E-state index contributed by atoms with van der Waals surface area (Å²) in [5.41, 5.74) is 3.13. The van der Waals surface area contributed by atoms with E-state index in [-0.39, 0.29) is 11.6 Å². The second kappa shape index (κ2) is 8.49. The molecule has 0 aliphatic carbocycles. The zero-order chi connectivity index (χ0) is 19.2. The van der Waals surface area contributed by atoms with Crippen LogP contribution < -0.4 is 4.90 Å². The van der Waals surface area contributed by atoms with Crippen LogP contribution in [0.3, 0.4) is 0 Å². The first-order valence-corrected chi connectivity index (χ1v) is 9.05. The van der Waals surface area contributed by atoms with E-state index in [9.17, 15) is 14.9 Å². The summed E-state index contributed by atoms with van der Waals surface area (Å²) in [5.74, 6) is -0.107. The second-order valence-corrected chi connectivity index (χ2v) is 6.70. The summed E-state index contributed by atoms with van der Waals surface area (Å²) in [6.45, 7) is 2.67. The van der Waals surface area contributed by atoms with Crippen molar-refractivity contribution >= 4 is 23.4 Å². The number of non-ortho nitro benzene ring substituents is 1. The number of nitrogens with zero attached hydrogens (tertiary/aromatic N) is 3. The summed E-state index contributed by atoms with van der Waals surface area (Å²) < 4.78 is 0. The zero-order valence-electron chi connectivity index (χ0n) is 15.4. The minimum absolute atomic E-state index is 0.0362. The number of likely N-dealkylation sites (N-methyl/N-ethyl adjacent to an activating group) is 1. The van der Waals surface area contributed by atoms with Crippen LogP contribution in [0.2, 0.25) is 0 Å². The van der Waals surface area contributed by atoms with Crippen LogP contribution in [0.1, 0.15) is 24.0 Å². The van der Waals surface area contributed by atoms with Gasteiger partial charge in [-0.2, -0.15) is 0 Å². The molecule has 0 N–H and O–H groups in total. The van der Waals surface area contributed by atoms with Crippen molar-refractivity contribution in [3.05, 3.63) is 75.8 Å². The number of nitro groups is 1. The van der Waals surface area contributed by atoms with E-state index in [1.807, 2.05) is 12.1 Å². The topological polar surface area (TPSA) is 66.7 Å². The molecule has 140 valence electrons. The molecule has 0 radical (unpaired) electrons. The van der Waals surface area contributed by atoms with E-state index in [0.29, 0.717) is 6.54 Å². The number of para-hydroxylation sites is 1. The van der Waals surface area contributed by atoms with Gasteiger partial charge in [0, 0.05) is 50.6 Å². The first kappa shape index (κ1) is 18.6. The van der Waals surface area contributed by atoms with Crippen LogP contribution in [-0.4, -0.2) is 35.9 Å². The Morgan fingerprint density at radius 2 is 1.81 bits per heavy atom. The lowest BCUT2D eigenvalue weighted by Crippen LogP contribution is -2.26. The fourth-order valence-electron chi connectivity index (χ4n) is 3.25. The standard InChI is InChI=1S/C21H23N3O3/c1-22(16-18-6-2-3-7-20(18)23-14-4-5-15-23)21(25)13-10-17-8-11-19(12-9-17)24(26)27/h2-3,6-13H,4-5,14-16H2,1H3/b13-10+. The zero-order valence-corrected chi connectivity index (χ0v) is 15.4. The molecular formula is C21H23N3O3. The van der Waals surface area contributed by atoms with Crippen molar-refractivity contribution in [1.82, 2.24) is 4.90 Å². The summed E-state index contributed by atoms with van der Waals surface area (Å²) in [7, 11) is 1.78. The van der Waals surface area contributed by atoms with Crippen LogP contribution in [0.15, 0.2) is 54.6 Å². The lowest BCUT2D eigenvalue weighted by atomic mass is 10.1. The van der Waals surface area contributed by atoms with Crippen molar-refractivity contribution in [2.45, 2.75) is 19.4 Å². The van der Waals surface area contributed by atoms with Crippen LogP contribution in [0.4, 0.5) is 11.4 Å². The maximum Gasteiger partial charge on any atom is 0.269 e. The molecule has 0 saturated carbocycles. The highest BCUT2D eigenvalue weighted by atomic mass is 16.6. The summed E-state index contributed by atoms with van der Waals surface area (Å²) in [5, 5.41) is 10.7. The number of anilines is 1. The van der Waals surface area contributed by atoms with Crippen molar-refractivity contribution < 1.29 is 9.72 Å². The van der Waals surface area contributed by atoms with E-state index >= 15 is 0 Å². The minimum Gasteiger partial charge on any atom is -0.371 e. The van der Waals surface area contributed by atoms with Gasteiger partial charge >= 0.3 is 0 Å². The van der Waals surface area contributed by atoms with Crippen molar-refractivity contribution in [3.63, 3.8) is 0 Å². The highest BCUT2D eigenvalue weighted by molar-refractivity contribution is 5.91. The maximum absolute atomic E-state index is 12.4. The van der Waals surface area contributed by atoms with Crippen LogP contribution >= 0.6 is 0 Å². The number of carbonyl (C=O) groups is 1. The van der Waals surface area contributed by atoms with Gasteiger partial charge in [0.15, 0.2) is 0 Å². The summed E-state index contributed by atoms with van der Waals surface area (Å²) in [6.07, 6.45) is 5.59. The monoisotopic (exact) mass is 365 g/mol. The van der Waals surface area contributed by atoms with Gasteiger partial charge in [0.05, 0.1) is 4.92 Å². The molecule has 1 heterocycles. The Bertz CT molecular complexity index is 840. The van der Waals surface area contributed by atoms with Crippen LogP contribution in [0, 0.1) is 10.1 Å². The highest BCUT2D eigenvalue weighted by Gasteiger charge is 2.16. The number of rotatable bonds is 6. The summed E-state index contributed by atoms with van der Waals surface area (Å²) >= 11 is 0. The summed E-state index contributed by atoms with van der Waals surface area (Å²) in [6, 6.07) is 14.3. The Hall–Kier alpha value is -3.15. The molecule has 3 rings (SSSR count). The van der Waals surface area contributed by atoms with Gasteiger partial charge in [-0.3, -0.25) is 14.9 Å². The Balaban J connectivity index is 1.65. The Kier molecular flexibility index (Phi) is 5.86. The molecule has 1 amide bonds. The molecule has 1 aliphatic heterocycles. The third kappa shape index (κ3) is 4.73. The van der Waals surface area contributed by atoms with Gasteiger partial charge in [-0.05, 0) is 48.2 Å². The molecule has 27 heavy (non-hydrogen) atoms. The minimum atomic E-state index is -0.440. The summed E-state index contributed by atoms with van der Waals surface area (Å²) in [4.78, 5) is 26.7. The predicted molar refractivity (Wildman–Crippen MR) is 106 cm³/mol. The lowest BCUT2D eigenvalue weighted by molar-refractivity contribution is -0.384. The first-order valence-electron chi connectivity index (χ1n) is 9.05. The number of nitro benzene ring substituents is 1. The Morgan fingerprint density at radius 3 is 2.48 bits per heavy atom. The van der Waals surface area contributed by atoms with Crippen molar-refractivity contribution in [3.8, 4) is 0 Å². The van der Waals surface area contributed by atoms with Gasteiger partial charge in [0.2, 0.25) is 5.91 Å². The quantitative estimate of drug-likeness (QED) is 0.443. The third-order valence-corrected chi connectivity index (χ3v) is 4.74. The van der Waals surface area contributed by atoms with Crippen LogP contribution in [0.5, 0.6) is 0 Å². The third-order valence-electron chi connectivity index (χ3n) is 4.74. The molecule has 0 spiro atoms. The second-order valence-electron chi connectivity index (χ2n) is 6.70. The van der Waals surface area contributed by atoms with Crippen molar-refractivity contribution in [1.29, 1.82) is 0 Å². The first-order chi connectivity index (χ1) is 13.0. The lowest BCUT2D eigenvalue weighted by Gasteiger charge is -2.24. The predicted octanol–water partition coefficient (Wildman–Crippen LogP) is 3.87. The Labute approximate surface area is 158 Å². The largest absolute Gasteiger partial charge is 0.371 e. The number of hydrogen-bond acceptors (Lipinski definition) is 4.